The van der Waals surface area contributed by atoms with E-state index in [0.29, 0.717) is 22.2 Å². The van der Waals surface area contributed by atoms with Crippen molar-refractivity contribution in [3.63, 3.8) is 0 Å². The zero-order valence-corrected chi connectivity index (χ0v) is 10.8. The Hall–Kier alpha value is -0.910. The fraction of sp³-hybridized carbons (Fsp3) is 0.455. The SMILES string of the molecule is O=C(CCC(=O)c1ccc(Cl)s1)NCCCO. The van der Waals surface area contributed by atoms with Crippen LogP contribution in [0.25, 0.3) is 0 Å². The molecule has 1 rings (SSSR count). The topological polar surface area (TPSA) is 66.4 Å². The maximum Gasteiger partial charge on any atom is 0.220 e. The molecule has 0 unspecified atom stereocenters. The molecule has 6 heteroatoms. The van der Waals surface area contributed by atoms with Gasteiger partial charge in [0.15, 0.2) is 5.78 Å². The van der Waals surface area contributed by atoms with Gasteiger partial charge in [0.05, 0.1) is 9.21 Å². The van der Waals surface area contributed by atoms with Crippen molar-refractivity contribution in [2.45, 2.75) is 19.3 Å². The van der Waals surface area contributed by atoms with Gasteiger partial charge in [-0.25, -0.2) is 0 Å². The van der Waals surface area contributed by atoms with Gasteiger partial charge in [-0.3, -0.25) is 9.59 Å². The highest BCUT2D eigenvalue weighted by Crippen LogP contribution is 2.22. The fourth-order valence-corrected chi connectivity index (χ4v) is 2.22. The van der Waals surface area contributed by atoms with Gasteiger partial charge in [0.2, 0.25) is 5.91 Å². The van der Waals surface area contributed by atoms with Crippen LogP contribution in [0.1, 0.15) is 28.9 Å². The Balaban J connectivity index is 2.26. The van der Waals surface area contributed by atoms with Crippen molar-refractivity contribution >= 4 is 34.6 Å². The number of ketones is 1. The number of carbonyl (C=O) groups is 2. The molecule has 0 saturated heterocycles. The van der Waals surface area contributed by atoms with Gasteiger partial charge in [0.1, 0.15) is 0 Å². The summed E-state index contributed by atoms with van der Waals surface area (Å²) >= 11 is 6.94. The van der Waals surface area contributed by atoms with E-state index < -0.39 is 0 Å². The standard InChI is InChI=1S/C11H14ClNO3S/c12-10-4-3-9(17-10)8(15)2-5-11(16)13-6-1-7-14/h3-4,14H,1-2,5-7H2,(H,13,16). The molecular formula is C11H14ClNO3S. The maximum absolute atomic E-state index is 11.6. The van der Waals surface area contributed by atoms with Gasteiger partial charge in [-0.2, -0.15) is 0 Å². The number of Topliss-reactive ketones (excluding diaryl/α,β-unsaturated/α-hetero) is 1. The van der Waals surface area contributed by atoms with Crippen molar-refractivity contribution in [2.24, 2.45) is 0 Å². The third kappa shape index (κ3) is 5.30. The lowest BCUT2D eigenvalue weighted by Crippen LogP contribution is -2.25. The van der Waals surface area contributed by atoms with Gasteiger partial charge < -0.3 is 10.4 Å². The zero-order valence-electron chi connectivity index (χ0n) is 9.24. The van der Waals surface area contributed by atoms with Crippen LogP contribution in [0, 0.1) is 0 Å². The molecule has 4 nitrogen and oxygen atoms in total. The third-order valence-corrected chi connectivity index (χ3v) is 3.36. The van der Waals surface area contributed by atoms with Crippen molar-refractivity contribution in [1.82, 2.24) is 5.32 Å². The molecular weight excluding hydrogens is 262 g/mol. The first-order chi connectivity index (χ1) is 8.13. The summed E-state index contributed by atoms with van der Waals surface area (Å²) in [6, 6.07) is 3.33. The summed E-state index contributed by atoms with van der Waals surface area (Å²) < 4.78 is 0.570. The van der Waals surface area contributed by atoms with Gasteiger partial charge in [-0.05, 0) is 18.6 Å². The van der Waals surface area contributed by atoms with Gasteiger partial charge in [0, 0.05) is 26.0 Å². The predicted molar refractivity (Wildman–Crippen MR) is 67.6 cm³/mol. The van der Waals surface area contributed by atoms with Crippen LogP contribution in [0.15, 0.2) is 12.1 Å². The molecule has 1 heterocycles. The molecule has 2 N–H and O–H groups in total. The lowest BCUT2D eigenvalue weighted by atomic mass is 10.2. The van der Waals surface area contributed by atoms with Crippen LogP contribution in [-0.2, 0) is 4.79 Å². The zero-order chi connectivity index (χ0) is 12.7. The Kier molecular flexibility index (Phi) is 6.18. The summed E-state index contributed by atoms with van der Waals surface area (Å²) in [5.74, 6) is -0.242. The van der Waals surface area contributed by atoms with E-state index in [9.17, 15) is 9.59 Å². The molecule has 0 aliphatic heterocycles. The number of carbonyl (C=O) groups excluding carboxylic acids is 2. The number of halogens is 1. The molecule has 1 aromatic rings. The summed E-state index contributed by atoms with van der Waals surface area (Å²) in [4.78, 5) is 23.5. The van der Waals surface area contributed by atoms with Crippen LogP contribution >= 0.6 is 22.9 Å². The summed E-state index contributed by atoms with van der Waals surface area (Å²) in [7, 11) is 0. The molecule has 1 aromatic heterocycles. The number of amides is 1. The first-order valence-electron chi connectivity index (χ1n) is 5.29. The van der Waals surface area contributed by atoms with Crippen molar-refractivity contribution < 1.29 is 14.7 Å². The van der Waals surface area contributed by atoms with E-state index in [-0.39, 0.29) is 31.1 Å². The quantitative estimate of drug-likeness (QED) is 0.590. The van der Waals surface area contributed by atoms with E-state index in [1.54, 1.807) is 12.1 Å². The number of thiophene rings is 1. The Labute approximate surface area is 109 Å². The number of aliphatic hydroxyl groups is 1. The number of hydrogen-bond donors (Lipinski definition) is 2. The maximum atomic E-state index is 11.6. The van der Waals surface area contributed by atoms with E-state index in [1.807, 2.05) is 0 Å². The Bertz CT molecular complexity index is 392. The van der Waals surface area contributed by atoms with Crippen molar-refractivity contribution in [3.8, 4) is 0 Å². The van der Waals surface area contributed by atoms with Gasteiger partial charge in [0.25, 0.3) is 0 Å². The fourth-order valence-electron chi connectivity index (χ4n) is 1.21. The van der Waals surface area contributed by atoms with E-state index in [2.05, 4.69) is 5.32 Å². The van der Waals surface area contributed by atoms with E-state index >= 15 is 0 Å². The lowest BCUT2D eigenvalue weighted by Gasteiger charge is -2.02. The van der Waals surface area contributed by atoms with Crippen LogP contribution < -0.4 is 5.32 Å². The molecule has 0 radical (unpaired) electrons. The average Bonchev–Trinajstić information content (AvgIpc) is 2.73. The Morgan fingerprint density at radius 1 is 1.35 bits per heavy atom. The van der Waals surface area contributed by atoms with Crippen molar-refractivity contribution in [3.05, 3.63) is 21.3 Å². The Morgan fingerprint density at radius 3 is 2.71 bits per heavy atom. The van der Waals surface area contributed by atoms with E-state index in [0.717, 1.165) is 0 Å². The first kappa shape index (κ1) is 14.2. The second kappa shape index (κ2) is 7.42. The predicted octanol–water partition coefficient (Wildman–Crippen LogP) is 1.86. The second-order valence-electron chi connectivity index (χ2n) is 3.45. The molecule has 0 fully saturated rings. The number of aliphatic hydroxyl groups excluding tert-OH is 1. The smallest absolute Gasteiger partial charge is 0.220 e. The third-order valence-electron chi connectivity index (χ3n) is 2.08. The average molecular weight is 276 g/mol. The molecule has 17 heavy (non-hydrogen) atoms. The highest BCUT2D eigenvalue weighted by atomic mass is 35.5. The van der Waals surface area contributed by atoms with Crippen LogP contribution in [-0.4, -0.2) is 29.9 Å². The number of hydrogen-bond acceptors (Lipinski definition) is 4. The van der Waals surface area contributed by atoms with Crippen LogP contribution in [0.2, 0.25) is 4.34 Å². The molecule has 1 amide bonds. The molecule has 0 spiro atoms. The molecule has 0 bridgehead atoms. The molecule has 94 valence electrons. The van der Waals surface area contributed by atoms with Crippen molar-refractivity contribution in [1.29, 1.82) is 0 Å². The van der Waals surface area contributed by atoms with E-state index in [1.165, 1.54) is 11.3 Å². The van der Waals surface area contributed by atoms with Crippen LogP contribution in [0.5, 0.6) is 0 Å². The van der Waals surface area contributed by atoms with Crippen LogP contribution in [0.4, 0.5) is 0 Å². The minimum atomic E-state index is -0.172. The van der Waals surface area contributed by atoms with Crippen molar-refractivity contribution in [2.75, 3.05) is 13.2 Å². The largest absolute Gasteiger partial charge is 0.396 e. The van der Waals surface area contributed by atoms with Gasteiger partial charge >= 0.3 is 0 Å². The minimum Gasteiger partial charge on any atom is -0.396 e. The van der Waals surface area contributed by atoms with E-state index in [4.69, 9.17) is 16.7 Å². The molecule has 0 aromatic carbocycles. The van der Waals surface area contributed by atoms with Gasteiger partial charge in [-0.15, -0.1) is 11.3 Å². The first-order valence-corrected chi connectivity index (χ1v) is 6.49. The molecule has 0 aliphatic rings. The summed E-state index contributed by atoms with van der Waals surface area (Å²) in [6.07, 6.45) is 0.877. The normalized spacial score (nSPS) is 10.2. The second-order valence-corrected chi connectivity index (χ2v) is 5.17. The number of rotatable bonds is 7. The molecule has 0 atom stereocenters. The molecule has 0 saturated carbocycles. The minimum absolute atomic E-state index is 0.0485. The Morgan fingerprint density at radius 2 is 2.12 bits per heavy atom. The highest BCUT2D eigenvalue weighted by molar-refractivity contribution is 7.18. The highest BCUT2D eigenvalue weighted by Gasteiger charge is 2.10. The monoisotopic (exact) mass is 275 g/mol. The van der Waals surface area contributed by atoms with Gasteiger partial charge in [-0.1, -0.05) is 11.6 Å². The summed E-state index contributed by atoms with van der Waals surface area (Å²) in [6.45, 7) is 0.487. The summed E-state index contributed by atoms with van der Waals surface area (Å²) in [5, 5.41) is 11.2. The van der Waals surface area contributed by atoms with Crippen LogP contribution in [0.3, 0.4) is 0 Å². The number of nitrogens with one attached hydrogen (secondary N) is 1. The molecule has 0 aliphatic carbocycles. The lowest BCUT2D eigenvalue weighted by molar-refractivity contribution is -0.121. The summed E-state index contributed by atoms with van der Waals surface area (Å²) in [5.41, 5.74) is 0.